The number of fused-ring (bicyclic) bond motifs is 3. The van der Waals surface area contributed by atoms with Crippen molar-refractivity contribution in [3.05, 3.63) is 59.7 Å². The first kappa shape index (κ1) is 24.3. The first-order valence-corrected chi connectivity index (χ1v) is 11.5. The maximum Gasteiger partial charge on any atom is 0.407 e. The molecule has 0 bridgehead atoms. The van der Waals surface area contributed by atoms with Crippen molar-refractivity contribution in [3.63, 3.8) is 0 Å². The Morgan fingerprint density at radius 1 is 1.00 bits per heavy atom. The van der Waals surface area contributed by atoms with Crippen LogP contribution < -0.4 is 5.32 Å². The number of aliphatic carboxylic acids is 1. The van der Waals surface area contributed by atoms with E-state index in [1.807, 2.05) is 50.2 Å². The number of likely N-dealkylation sites (N-methyl/N-ethyl adjacent to an activating group) is 1. The van der Waals surface area contributed by atoms with Crippen molar-refractivity contribution in [1.29, 1.82) is 0 Å². The normalized spacial score (nSPS) is 13.2. The minimum absolute atomic E-state index is 0.00283. The van der Waals surface area contributed by atoms with Gasteiger partial charge in [0.05, 0.1) is 0 Å². The second-order valence-electron chi connectivity index (χ2n) is 8.37. The van der Waals surface area contributed by atoms with Crippen LogP contribution in [0.3, 0.4) is 0 Å². The number of rotatable bonds is 10. The molecule has 0 aromatic heterocycles. The molecular weight excluding hydrogens is 420 g/mol. The number of benzene rings is 2. The van der Waals surface area contributed by atoms with E-state index in [0.29, 0.717) is 0 Å². The number of hydrogen-bond donors (Lipinski definition) is 2. The summed E-state index contributed by atoms with van der Waals surface area (Å²) in [5, 5.41) is 11.7. The molecule has 0 heterocycles. The number of hydrogen-bond acceptors (Lipinski definition) is 4. The summed E-state index contributed by atoms with van der Waals surface area (Å²) in [5.41, 5.74) is 4.45. The number of amides is 2. The number of carboxylic acids is 1. The van der Waals surface area contributed by atoms with Gasteiger partial charge < -0.3 is 20.1 Å². The lowest BCUT2D eigenvalue weighted by atomic mass is 9.98. The average Bonchev–Trinajstić information content (AvgIpc) is 3.14. The molecule has 2 aromatic carbocycles. The molecule has 0 aliphatic heterocycles. The van der Waals surface area contributed by atoms with Gasteiger partial charge in [-0.2, -0.15) is 0 Å². The fraction of sp³-hybridized carbons (Fsp3) is 0.423. The summed E-state index contributed by atoms with van der Waals surface area (Å²) in [4.78, 5) is 38.4. The highest BCUT2D eigenvalue weighted by molar-refractivity contribution is 5.86. The Morgan fingerprint density at radius 2 is 1.55 bits per heavy atom. The molecule has 0 saturated carbocycles. The fourth-order valence-corrected chi connectivity index (χ4v) is 4.57. The minimum Gasteiger partial charge on any atom is -0.481 e. The van der Waals surface area contributed by atoms with Gasteiger partial charge in [-0.1, -0.05) is 62.4 Å². The van der Waals surface area contributed by atoms with Crippen LogP contribution in [0.25, 0.3) is 11.1 Å². The third-order valence-electron chi connectivity index (χ3n) is 6.42. The van der Waals surface area contributed by atoms with Crippen LogP contribution in [0.4, 0.5) is 4.79 Å². The largest absolute Gasteiger partial charge is 0.481 e. The second kappa shape index (κ2) is 11.0. The summed E-state index contributed by atoms with van der Waals surface area (Å²) < 4.78 is 5.55. The van der Waals surface area contributed by atoms with Crippen molar-refractivity contribution in [2.45, 2.75) is 57.5 Å². The Morgan fingerprint density at radius 3 is 2.06 bits per heavy atom. The second-order valence-corrected chi connectivity index (χ2v) is 8.37. The van der Waals surface area contributed by atoms with E-state index in [1.54, 1.807) is 11.9 Å². The molecule has 0 radical (unpaired) electrons. The Bertz CT molecular complexity index is 956. The lowest BCUT2D eigenvalue weighted by Crippen LogP contribution is -2.50. The van der Waals surface area contributed by atoms with Crippen LogP contribution in [-0.4, -0.2) is 53.7 Å². The molecule has 33 heavy (non-hydrogen) atoms. The van der Waals surface area contributed by atoms with Gasteiger partial charge in [-0.3, -0.25) is 9.59 Å². The maximum absolute atomic E-state index is 13.0. The molecule has 1 unspecified atom stereocenters. The highest BCUT2D eigenvalue weighted by Gasteiger charge is 2.31. The summed E-state index contributed by atoms with van der Waals surface area (Å²) in [6.45, 7) is 4.11. The molecule has 176 valence electrons. The predicted octanol–water partition coefficient (Wildman–Crippen LogP) is 4.41. The van der Waals surface area contributed by atoms with Crippen LogP contribution in [0.1, 0.15) is 56.6 Å². The molecule has 1 aliphatic rings. The van der Waals surface area contributed by atoms with Crippen LogP contribution in [0.15, 0.2) is 48.5 Å². The van der Waals surface area contributed by atoms with Crippen LogP contribution >= 0.6 is 0 Å². The molecule has 7 nitrogen and oxygen atoms in total. The summed E-state index contributed by atoms with van der Waals surface area (Å²) in [6.07, 6.45) is 0.600. The summed E-state index contributed by atoms with van der Waals surface area (Å²) in [7, 11) is 1.69. The Hall–Kier alpha value is -3.35. The van der Waals surface area contributed by atoms with E-state index < -0.39 is 18.1 Å². The van der Waals surface area contributed by atoms with Gasteiger partial charge in [-0.25, -0.2) is 4.79 Å². The van der Waals surface area contributed by atoms with E-state index >= 15 is 0 Å². The van der Waals surface area contributed by atoms with Gasteiger partial charge in [-0.15, -0.1) is 0 Å². The van der Waals surface area contributed by atoms with Gasteiger partial charge in [-0.05, 0) is 41.5 Å². The van der Waals surface area contributed by atoms with E-state index in [4.69, 9.17) is 9.84 Å². The van der Waals surface area contributed by atoms with Crippen molar-refractivity contribution in [2.24, 2.45) is 0 Å². The summed E-state index contributed by atoms with van der Waals surface area (Å²) >= 11 is 0. The van der Waals surface area contributed by atoms with E-state index in [1.165, 1.54) is 0 Å². The Kier molecular flexibility index (Phi) is 8.09. The summed E-state index contributed by atoms with van der Waals surface area (Å²) in [5.74, 6) is -1.42. The van der Waals surface area contributed by atoms with E-state index in [-0.39, 0.29) is 37.3 Å². The number of alkyl carbamates (subject to hydrolysis) is 1. The highest BCUT2D eigenvalue weighted by atomic mass is 16.5. The van der Waals surface area contributed by atoms with Gasteiger partial charge in [0, 0.05) is 25.4 Å². The molecule has 0 spiro atoms. The zero-order valence-corrected chi connectivity index (χ0v) is 19.4. The van der Waals surface area contributed by atoms with Gasteiger partial charge >= 0.3 is 12.1 Å². The van der Waals surface area contributed by atoms with E-state index in [2.05, 4.69) is 17.4 Å². The van der Waals surface area contributed by atoms with Gasteiger partial charge in [0.1, 0.15) is 12.6 Å². The number of carbonyl (C=O) groups is 3. The zero-order chi connectivity index (χ0) is 24.0. The number of nitrogens with one attached hydrogen (secondary N) is 1. The third-order valence-corrected chi connectivity index (χ3v) is 6.42. The molecular formula is C26H32N2O5. The summed E-state index contributed by atoms with van der Waals surface area (Å²) in [6, 6.07) is 15.2. The van der Waals surface area contributed by atoms with Gasteiger partial charge in [0.15, 0.2) is 0 Å². The van der Waals surface area contributed by atoms with Crippen LogP contribution in [-0.2, 0) is 14.3 Å². The van der Waals surface area contributed by atoms with E-state index in [0.717, 1.165) is 35.1 Å². The van der Waals surface area contributed by atoms with Crippen molar-refractivity contribution < 1.29 is 24.2 Å². The van der Waals surface area contributed by atoms with Crippen LogP contribution in [0.2, 0.25) is 0 Å². The molecule has 0 fully saturated rings. The van der Waals surface area contributed by atoms with Crippen molar-refractivity contribution in [1.82, 2.24) is 10.2 Å². The number of carboxylic acid groups (broad SMARTS) is 1. The van der Waals surface area contributed by atoms with E-state index in [9.17, 15) is 14.4 Å². The van der Waals surface area contributed by atoms with Gasteiger partial charge in [0.2, 0.25) is 5.91 Å². The standard InChI is InChI=1S/C26H32N2O5/c1-4-17(5-2)28(3)25(31)23(14-15-24(29)30)27-26(32)33-16-22-20-12-8-6-10-18(20)19-11-7-9-13-21(19)22/h6-13,17,22-23H,4-5,14-16H2,1-3H3,(H,27,32)(H,29,30). The lowest BCUT2D eigenvalue weighted by molar-refractivity contribution is -0.138. The SMILES string of the molecule is CCC(CC)N(C)C(=O)C(CCC(=O)O)NC(=O)OCC1c2ccccc2-c2ccccc21. The predicted molar refractivity (Wildman–Crippen MR) is 126 cm³/mol. The minimum atomic E-state index is -1.02. The van der Waals surface area contributed by atoms with Gasteiger partial charge in [0.25, 0.3) is 0 Å². The first-order valence-electron chi connectivity index (χ1n) is 11.5. The van der Waals surface area contributed by atoms with Crippen LogP contribution in [0.5, 0.6) is 0 Å². The molecule has 2 amide bonds. The zero-order valence-electron chi connectivity index (χ0n) is 19.4. The van der Waals surface area contributed by atoms with Crippen molar-refractivity contribution in [2.75, 3.05) is 13.7 Å². The topological polar surface area (TPSA) is 95.9 Å². The number of nitrogens with zero attached hydrogens (tertiary/aromatic N) is 1. The highest BCUT2D eigenvalue weighted by Crippen LogP contribution is 2.44. The lowest BCUT2D eigenvalue weighted by Gasteiger charge is -2.30. The quantitative estimate of drug-likeness (QED) is 0.557. The number of carbonyl (C=O) groups excluding carboxylic acids is 2. The molecule has 1 atom stereocenters. The first-order chi connectivity index (χ1) is 15.9. The average molecular weight is 453 g/mol. The van der Waals surface area contributed by atoms with Crippen LogP contribution in [0, 0.1) is 0 Å². The van der Waals surface area contributed by atoms with Crippen molar-refractivity contribution >= 4 is 18.0 Å². The fourth-order valence-electron chi connectivity index (χ4n) is 4.57. The molecule has 2 N–H and O–H groups in total. The number of ether oxygens (including phenoxy) is 1. The molecule has 0 saturated heterocycles. The Balaban J connectivity index is 1.69. The van der Waals surface area contributed by atoms with Crippen molar-refractivity contribution in [3.8, 4) is 11.1 Å². The Labute approximate surface area is 194 Å². The molecule has 2 aromatic rings. The third kappa shape index (κ3) is 5.53. The monoisotopic (exact) mass is 452 g/mol. The maximum atomic E-state index is 13.0. The molecule has 1 aliphatic carbocycles. The smallest absolute Gasteiger partial charge is 0.407 e. The molecule has 3 rings (SSSR count). The molecule has 7 heteroatoms.